The highest BCUT2D eigenvalue weighted by atomic mass is 16.5. The lowest BCUT2D eigenvalue weighted by Gasteiger charge is -2.15. The zero-order chi connectivity index (χ0) is 14.4. The summed E-state index contributed by atoms with van der Waals surface area (Å²) < 4.78 is 5.26. The molecule has 0 saturated carbocycles. The number of hydrogen-bond donors (Lipinski definition) is 1. The van der Waals surface area contributed by atoms with Crippen molar-refractivity contribution in [2.45, 2.75) is 32.9 Å². The van der Waals surface area contributed by atoms with Crippen LogP contribution in [0.2, 0.25) is 0 Å². The van der Waals surface area contributed by atoms with E-state index in [0.29, 0.717) is 6.04 Å². The number of hydrogen-bond acceptors (Lipinski definition) is 2. The minimum absolute atomic E-state index is 0.432. The monoisotopic (exact) mass is 269 g/mol. The largest absolute Gasteiger partial charge is 0.497 e. The Bertz CT molecular complexity index is 551. The van der Waals surface area contributed by atoms with E-state index in [1.54, 1.807) is 7.11 Å². The van der Waals surface area contributed by atoms with Gasteiger partial charge in [0.2, 0.25) is 0 Å². The molecular weight excluding hydrogens is 246 g/mol. The molecule has 0 aliphatic heterocycles. The SMILES string of the molecule is COc1cccc(C[C@@H](C)NCc2ccccc2C)c1. The maximum atomic E-state index is 5.26. The van der Waals surface area contributed by atoms with Crippen LogP contribution in [0.1, 0.15) is 23.6 Å². The van der Waals surface area contributed by atoms with Crippen LogP contribution in [-0.4, -0.2) is 13.2 Å². The predicted octanol–water partition coefficient (Wildman–Crippen LogP) is 3.72. The molecule has 20 heavy (non-hydrogen) atoms. The smallest absolute Gasteiger partial charge is 0.119 e. The first kappa shape index (κ1) is 14.6. The third-order valence-electron chi connectivity index (χ3n) is 3.58. The Hall–Kier alpha value is -1.80. The fraction of sp³-hybridized carbons (Fsp3) is 0.333. The van der Waals surface area contributed by atoms with Crippen molar-refractivity contribution in [3.63, 3.8) is 0 Å². The summed E-state index contributed by atoms with van der Waals surface area (Å²) in [5.74, 6) is 0.925. The Balaban J connectivity index is 1.89. The van der Waals surface area contributed by atoms with Crippen LogP contribution >= 0.6 is 0 Å². The van der Waals surface area contributed by atoms with Crippen LogP contribution in [0.5, 0.6) is 5.75 Å². The van der Waals surface area contributed by atoms with Crippen molar-refractivity contribution in [2.24, 2.45) is 0 Å². The molecule has 1 atom stereocenters. The lowest BCUT2D eigenvalue weighted by atomic mass is 10.1. The first-order chi connectivity index (χ1) is 9.69. The minimum atomic E-state index is 0.432. The average Bonchev–Trinajstić information content (AvgIpc) is 2.46. The first-order valence-electron chi connectivity index (χ1n) is 7.10. The van der Waals surface area contributed by atoms with Gasteiger partial charge in [-0.05, 0) is 49.1 Å². The summed E-state index contributed by atoms with van der Waals surface area (Å²) in [4.78, 5) is 0. The van der Waals surface area contributed by atoms with Crippen molar-refractivity contribution in [3.8, 4) is 5.75 Å². The molecule has 0 fully saturated rings. The van der Waals surface area contributed by atoms with E-state index in [1.165, 1.54) is 16.7 Å². The van der Waals surface area contributed by atoms with Crippen molar-refractivity contribution in [1.29, 1.82) is 0 Å². The van der Waals surface area contributed by atoms with E-state index in [1.807, 2.05) is 12.1 Å². The van der Waals surface area contributed by atoms with Gasteiger partial charge in [0.25, 0.3) is 0 Å². The molecule has 0 bridgehead atoms. The summed E-state index contributed by atoms with van der Waals surface area (Å²) in [6.07, 6.45) is 1.00. The second-order valence-electron chi connectivity index (χ2n) is 5.26. The minimum Gasteiger partial charge on any atom is -0.497 e. The van der Waals surface area contributed by atoms with Gasteiger partial charge in [0.1, 0.15) is 5.75 Å². The number of methoxy groups -OCH3 is 1. The van der Waals surface area contributed by atoms with Crippen LogP contribution in [0.4, 0.5) is 0 Å². The van der Waals surface area contributed by atoms with Crippen LogP contribution in [0, 0.1) is 6.92 Å². The molecule has 2 nitrogen and oxygen atoms in total. The van der Waals surface area contributed by atoms with Gasteiger partial charge in [-0.15, -0.1) is 0 Å². The number of rotatable bonds is 6. The van der Waals surface area contributed by atoms with Crippen molar-refractivity contribution >= 4 is 0 Å². The zero-order valence-electron chi connectivity index (χ0n) is 12.5. The third-order valence-corrected chi connectivity index (χ3v) is 3.58. The van der Waals surface area contributed by atoms with E-state index in [9.17, 15) is 0 Å². The molecule has 0 unspecified atom stereocenters. The molecule has 0 spiro atoms. The second kappa shape index (κ2) is 7.11. The standard InChI is InChI=1S/C18H23NO/c1-14-7-4-5-9-17(14)13-19-15(2)11-16-8-6-10-18(12-16)20-3/h4-10,12,15,19H,11,13H2,1-3H3/t15-/m1/s1. The van der Waals surface area contributed by atoms with Gasteiger partial charge in [-0.3, -0.25) is 0 Å². The topological polar surface area (TPSA) is 21.3 Å². The van der Waals surface area contributed by atoms with Crippen LogP contribution in [0.15, 0.2) is 48.5 Å². The van der Waals surface area contributed by atoms with Gasteiger partial charge in [-0.25, -0.2) is 0 Å². The zero-order valence-corrected chi connectivity index (χ0v) is 12.5. The second-order valence-corrected chi connectivity index (χ2v) is 5.26. The van der Waals surface area contributed by atoms with E-state index in [-0.39, 0.29) is 0 Å². The van der Waals surface area contributed by atoms with E-state index in [0.717, 1.165) is 18.7 Å². The van der Waals surface area contributed by atoms with Gasteiger partial charge in [0, 0.05) is 12.6 Å². The molecule has 0 aromatic heterocycles. The van der Waals surface area contributed by atoms with Crippen molar-refractivity contribution in [1.82, 2.24) is 5.32 Å². The molecular formula is C18H23NO. The maximum absolute atomic E-state index is 5.26. The van der Waals surface area contributed by atoms with Crippen LogP contribution in [0.25, 0.3) is 0 Å². The van der Waals surface area contributed by atoms with Gasteiger partial charge in [0.15, 0.2) is 0 Å². The summed E-state index contributed by atoms with van der Waals surface area (Å²) in [6.45, 7) is 5.29. The van der Waals surface area contributed by atoms with E-state index < -0.39 is 0 Å². The van der Waals surface area contributed by atoms with Gasteiger partial charge >= 0.3 is 0 Å². The molecule has 0 saturated heterocycles. The van der Waals surface area contributed by atoms with Crippen molar-refractivity contribution in [3.05, 3.63) is 65.2 Å². The normalized spacial score (nSPS) is 12.2. The molecule has 0 amide bonds. The van der Waals surface area contributed by atoms with Gasteiger partial charge in [-0.1, -0.05) is 36.4 Å². The summed E-state index contributed by atoms with van der Waals surface area (Å²) in [5, 5.41) is 3.58. The highest BCUT2D eigenvalue weighted by Gasteiger charge is 2.05. The Morgan fingerprint density at radius 3 is 2.65 bits per heavy atom. The molecule has 106 valence electrons. The molecule has 2 aromatic rings. The fourth-order valence-corrected chi connectivity index (χ4v) is 2.32. The van der Waals surface area contributed by atoms with Crippen molar-refractivity contribution in [2.75, 3.05) is 7.11 Å². The molecule has 0 aliphatic rings. The Morgan fingerprint density at radius 2 is 1.90 bits per heavy atom. The molecule has 1 N–H and O–H groups in total. The molecule has 0 heterocycles. The fourth-order valence-electron chi connectivity index (χ4n) is 2.32. The lowest BCUT2D eigenvalue weighted by Crippen LogP contribution is -2.27. The molecule has 0 radical (unpaired) electrons. The Kier molecular flexibility index (Phi) is 5.19. The number of aryl methyl sites for hydroxylation is 1. The first-order valence-corrected chi connectivity index (χ1v) is 7.10. The van der Waals surface area contributed by atoms with E-state index in [2.05, 4.69) is 55.6 Å². The molecule has 0 aliphatic carbocycles. The van der Waals surface area contributed by atoms with E-state index >= 15 is 0 Å². The van der Waals surface area contributed by atoms with Gasteiger partial charge < -0.3 is 10.1 Å². The summed E-state index contributed by atoms with van der Waals surface area (Å²) in [5.41, 5.74) is 4.01. The Labute approximate surface area is 121 Å². The molecule has 2 aromatic carbocycles. The lowest BCUT2D eigenvalue weighted by molar-refractivity contribution is 0.414. The number of ether oxygens (including phenoxy) is 1. The quantitative estimate of drug-likeness (QED) is 0.863. The maximum Gasteiger partial charge on any atom is 0.119 e. The van der Waals surface area contributed by atoms with Crippen LogP contribution < -0.4 is 10.1 Å². The van der Waals surface area contributed by atoms with Crippen LogP contribution in [-0.2, 0) is 13.0 Å². The highest BCUT2D eigenvalue weighted by molar-refractivity contribution is 5.29. The van der Waals surface area contributed by atoms with Gasteiger partial charge in [0.05, 0.1) is 7.11 Å². The summed E-state index contributed by atoms with van der Waals surface area (Å²) in [6, 6.07) is 17.2. The predicted molar refractivity (Wildman–Crippen MR) is 84.2 cm³/mol. The van der Waals surface area contributed by atoms with Gasteiger partial charge in [-0.2, -0.15) is 0 Å². The Morgan fingerprint density at radius 1 is 1.10 bits per heavy atom. The number of nitrogens with one attached hydrogen (secondary N) is 1. The van der Waals surface area contributed by atoms with Crippen LogP contribution in [0.3, 0.4) is 0 Å². The molecule has 2 rings (SSSR count). The van der Waals surface area contributed by atoms with Crippen molar-refractivity contribution < 1.29 is 4.74 Å². The third kappa shape index (κ3) is 4.10. The molecule has 2 heteroatoms. The number of benzene rings is 2. The summed E-state index contributed by atoms with van der Waals surface area (Å²) in [7, 11) is 1.71. The highest BCUT2D eigenvalue weighted by Crippen LogP contribution is 2.14. The average molecular weight is 269 g/mol. The van der Waals surface area contributed by atoms with E-state index in [4.69, 9.17) is 4.74 Å². The summed E-state index contributed by atoms with van der Waals surface area (Å²) >= 11 is 0.